The summed E-state index contributed by atoms with van der Waals surface area (Å²) < 4.78 is 33.2. The molecule has 0 radical (unpaired) electrons. The SMILES string of the molecule is CC/C=C\C/C=C\C/C=C\C/C=C\C/C=C\C/C=C\C/C=C\CCCCCCCCCCCCCCCC(=O)OC(COC(=O)CCCCCCCCCCCCCCCCCCCCCCCC/C=C\C/C=C\C/C=C\C/C=C\CC)COP(=O)(O)OCCN. The summed E-state index contributed by atoms with van der Waals surface area (Å²) in [5.74, 6) is -0.820. The fraction of sp³-hybridized carbons (Fsp3) is 0.704. The van der Waals surface area contributed by atoms with Crippen LogP contribution in [0.15, 0.2) is 134 Å². The quantitative estimate of drug-likeness (QED) is 0.0264. The van der Waals surface area contributed by atoms with E-state index in [4.69, 9.17) is 24.3 Å². The monoisotopic (exact) mass is 1290 g/mol. The summed E-state index contributed by atoms with van der Waals surface area (Å²) in [7, 11) is -4.40. The number of carbonyl (C=O) groups excluding carboxylic acids is 2. The Labute approximate surface area is 561 Å². The number of carbonyl (C=O) groups is 2. The van der Waals surface area contributed by atoms with Crippen molar-refractivity contribution < 1.29 is 37.6 Å². The molecule has 0 aliphatic heterocycles. The third-order valence-electron chi connectivity index (χ3n) is 16.0. The van der Waals surface area contributed by atoms with Crippen LogP contribution < -0.4 is 5.73 Å². The Morgan fingerprint density at radius 3 is 0.846 bits per heavy atom. The van der Waals surface area contributed by atoms with Gasteiger partial charge < -0.3 is 20.1 Å². The van der Waals surface area contributed by atoms with Gasteiger partial charge in [0.25, 0.3) is 0 Å². The second-order valence-corrected chi connectivity index (χ2v) is 26.2. The molecule has 0 aromatic rings. The lowest BCUT2D eigenvalue weighted by Gasteiger charge is -2.19. The maximum atomic E-state index is 12.8. The first-order chi connectivity index (χ1) is 44.8. The smallest absolute Gasteiger partial charge is 0.462 e. The van der Waals surface area contributed by atoms with Gasteiger partial charge in [-0.2, -0.15) is 0 Å². The molecule has 0 saturated carbocycles. The normalized spacial score (nSPS) is 13.7. The minimum Gasteiger partial charge on any atom is -0.462 e. The third-order valence-corrected chi connectivity index (χ3v) is 17.0. The Hall–Kier alpha value is -3.85. The van der Waals surface area contributed by atoms with Crippen LogP contribution in [0.5, 0.6) is 0 Å². The number of allylic oxidation sites excluding steroid dienone is 22. The van der Waals surface area contributed by atoms with E-state index >= 15 is 0 Å². The molecule has 0 spiro atoms. The summed E-state index contributed by atoms with van der Waals surface area (Å²) >= 11 is 0. The molecule has 0 bridgehead atoms. The Bertz CT molecular complexity index is 1960. The van der Waals surface area contributed by atoms with E-state index in [0.717, 1.165) is 109 Å². The number of phosphoric ester groups is 1. The summed E-state index contributed by atoms with van der Waals surface area (Å²) in [5.41, 5.74) is 5.41. The zero-order valence-electron chi connectivity index (χ0n) is 58.8. The fourth-order valence-electron chi connectivity index (χ4n) is 10.6. The van der Waals surface area contributed by atoms with E-state index in [1.165, 1.54) is 193 Å². The van der Waals surface area contributed by atoms with E-state index in [0.29, 0.717) is 6.42 Å². The number of unbranched alkanes of at least 4 members (excludes halogenated alkanes) is 35. The van der Waals surface area contributed by atoms with Crippen LogP contribution in [0, 0.1) is 0 Å². The summed E-state index contributed by atoms with van der Waals surface area (Å²) in [6.07, 6.45) is 107. The van der Waals surface area contributed by atoms with Crippen molar-refractivity contribution in [3.8, 4) is 0 Å². The van der Waals surface area contributed by atoms with Crippen LogP contribution in [0.25, 0.3) is 0 Å². The highest BCUT2D eigenvalue weighted by Gasteiger charge is 2.26. The van der Waals surface area contributed by atoms with Crippen molar-refractivity contribution in [2.45, 2.75) is 341 Å². The molecule has 0 aliphatic rings. The van der Waals surface area contributed by atoms with E-state index in [1.54, 1.807) is 0 Å². The molecule has 522 valence electrons. The average Bonchev–Trinajstić information content (AvgIpc) is 3.68. The predicted molar refractivity (Wildman–Crippen MR) is 394 cm³/mol. The number of nitrogens with two attached hydrogens (primary N) is 1. The van der Waals surface area contributed by atoms with Gasteiger partial charge in [0.15, 0.2) is 6.10 Å². The molecule has 10 heteroatoms. The van der Waals surface area contributed by atoms with Gasteiger partial charge in [0.2, 0.25) is 0 Å². The Balaban J connectivity index is 3.85. The number of ether oxygens (including phenoxy) is 2. The summed E-state index contributed by atoms with van der Waals surface area (Å²) in [6.45, 7) is 3.55. The van der Waals surface area contributed by atoms with Gasteiger partial charge in [-0.15, -0.1) is 0 Å². The van der Waals surface area contributed by atoms with Crippen molar-refractivity contribution in [2.24, 2.45) is 5.73 Å². The lowest BCUT2D eigenvalue weighted by Crippen LogP contribution is -2.29. The van der Waals surface area contributed by atoms with E-state index in [2.05, 4.69) is 148 Å². The largest absolute Gasteiger partial charge is 0.472 e. The molecule has 3 N–H and O–H groups in total. The first-order valence-electron chi connectivity index (χ1n) is 37.7. The highest BCUT2D eigenvalue weighted by atomic mass is 31.2. The molecule has 0 saturated heterocycles. The van der Waals surface area contributed by atoms with Crippen molar-refractivity contribution in [3.05, 3.63) is 134 Å². The van der Waals surface area contributed by atoms with Crippen molar-refractivity contribution in [2.75, 3.05) is 26.4 Å². The fourth-order valence-corrected chi connectivity index (χ4v) is 11.3. The minimum absolute atomic E-state index is 0.0500. The molecule has 2 unspecified atom stereocenters. The average molecular weight is 1290 g/mol. The number of esters is 2. The van der Waals surface area contributed by atoms with E-state index < -0.39 is 26.5 Å². The maximum Gasteiger partial charge on any atom is 0.472 e. The van der Waals surface area contributed by atoms with Crippen LogP contribution in [0.3, 0.4) is 0 Å². The molecule has 0 aromatic heterocycles. The van der Waals surface area contributed by atoms with Crippen molar-refractivity contribution in [3.63, 3.8) is 0 Å². The number of rotatable bonds is 70. The molecule has 0 fully saturated rings. The van der Waals surface area contributed by atoms with Crippen LogP contribution >= 0.6 is 7.82 Å². The van der Waals surface area contributed by atoms with Crippen LogP contribution in [-0.4, -0.2) is 49.3 Å². The van der Waals surface area contributed by atoms with Crippen molar-refractivity contribution >= 4 is 19.8 Å². The molecular formula is C81H140NO8P. The zero-order valence-corrected chi connectivity index (χ0v) is 59.7. The van der Waals surface area contributed by atoms with Crippen LogP contribution in [0.4, 0.5) is 0 Å². The van der Waals surface area contributed by atoms with Gasteiger partial charge >= 0.3 is 19.8 Å². The van der Waals surface area contributed by atoms with Gasteiger partial charge in [0, 0.05) is 19.4 Å². The Morgan fingerprint density at radius 1 is 0.330 bits per heavy atom. The summed E-state index contributed by atoms with van der Waals surface area (Å²) in [4.78, 5) is 35.4. The predicted octanol–water partition coefficient (Wildman–Crippen LogP) is 25.2. The molecule has 0 aromatic carbocycles. The maximum absolute atomic E-state index is 12.8. The Kier molecular flexibility index (Phi) is 72.0. The molecule has 9 nitrogen and oxygen atoms in total. The molecule has 91 heavy (non-hydrogen) atoms. The first-order valence-corrected chi connectivity index (χ1v) is 39.2. The lowest BCUT2D eigenvalue weighted by molar-refractivity contribution is -0.161. The lowest BCUT2D eigenvalue weighted by atomic mass is 10.0. The van der Waals surface area contributed by atoms with E-state index in [-0.39, 0.29) is 38.6 Å². The van der Waals surface area contributed by atoms with Gasteiger partial charge in [0.1, 0.15) is 6.61 Å². The minimum atomic E-state index is -4.40. The highest BCUT2D eigenvalue weighted by Crippen LogP contribution is 2.43. The van der Waals surface area contributed by atoms with E-state index in [9.17, 15) is 19.0 Å². The summed E-state index contributed by atoms with van der Waals surface area (Å²) in [5, 5.41) is 0. The van der Waals surface area contributed by atoms with Crippen molar-refractivity contribution in [1.82, 2.24) is 0 Å². The van der Waals surface area contributed by atoms with Gasteiger partial charge in [-0.1, -0.05) is 347 Å². The van der Waals surface area contributed by atoms with Gasteiger partial charge in [-0.3, -0.25) is 18.6 Å². The molecule has 0 heterocycles. The third kappa shape index (κ3) is 75.1. The standard InChI is InChI=1S/C81H140NO8P/c1-3-5-7-9-11-13-15-17-19-21-23-25-27-29-31-33-35-37-39-41-43-45-47-49-51-53-55-57-59-61-63-65-67-69-71-73-80(83)87-77-79(78-89-91(85,86)88-76-75-82)90-81(84)74-72-70-68-66-64-62-60-58-56-54-52-50-48-46-44-42-40-38-36-34-32-30-28-26-24-22-20-18-16-14-12-10-8-6-4-2/h5-8,11-14,17-20,23-26,30,32,36,38,42,44,79H,3-4,9-10,15-16,21-22,27-29,31,33-35,37,39-41,43,45-78,82H2,1-2H3,(H,85,86)/b7-5-,8-6-,13-11-,14-12-,19-17-,20-18-,25-23-,26-24-,32-30-,38-36-,44-42-. The number of hydrogen-bond acceptors (Lipinski definition) is 8. The van der Waals surface area contributed by atoms with Gasteiger partial charge in [-0.25, -0.2) is 4.57 Å². The van der Waals surface area contributed by atoms with Crippen LogP contribution in [0.2, 0.25) is 0 Å². The molecule has 2 atom stereocenters. The zero-order chi connectivity index (χ0) is 65.8. The first kappa shape index (κ1) is 87.2. The topological polar surface area (TPSA) is 134 Å². The number of hydrogen-bond donors (Lipinski definition) is 2. The molecule has 0 rings (SSSR count). The van der Waals surface area contributed by atoms with Crippen LogP contribution in [0.1, 0.15) is 335 Å². The van der Waals surface area contributed by atoms with E-state index in [1.807, 2.05) is 0 Å². The molecular weight excluding hydrogens is 1150 g/mol. The highest BCUT2D eigenvalue weighted by molar-refractivity contribution is 7.47. The van der Waals surface area contributed by atoms with Gasteiger partial charge in [-0.05, 0) is 109 Å². The second kappa shape index (κ2) is 75.2. The molecule has 0 amide bonds. The second-order valence-electron chi connectivity index (χ2n) is 24.8. The van der Waals surface area contributed by atoms with Crippen molar-refractivity contribution in [1.29, 1.82) is 0 Å². The van der Waals surface area contributed by atoms with Gasteiger partial charge in [0.05, 0.1) is 13.2 Å². The number of phosphoric acid groups is 1. The summed E-state index contributed by atoms with van der Waals surface area (Å²) in [6, 6.07) is 0. The molecule has 0 aliphatic carbocycles. The van der Waals surface area contributed by atoms with Crippen LogP contribution in [-0.2, 0) is 32.7 Å². The Morgan fingerprint density at radius 2 is 0.571 bits per heavy atom.